The van der Waals surface area contributed by atoms with E-state index in [9.17, 15) is 9.18 Å². The maximum absolute atomic E-state index is 13.6. The molecule has 2 rings (SSSR count). The lowest BCUT2D eigenvalue weighted by molar-refractivity contribution is 0.0913. The molecule has 2 aromatic rings. The average Bonchev–Trinajstić information content (AvgIpc) is 2.99. The van der Waals surface area contributed by atoms with Gasteiger partial charge >= 0.3 is 0 Å². The van der Waals surface area contributed by atoms with Crippen molar-refractivity contribution in [2.45, 2.75) is 6.54 Å². The fourth-order valence-electron chi connectivity index (χ4n) is 1.54. The van der Waals surface area contributed by atoms with E-state index in [1.165, 1.54) is 18.3 Å². The molecule has 0 unspecified atom stereocenters. The first kappa shape index (κ1) is 13.8. The highest BCUT2D eigenvalue weighted by Gasteiger charge is 2.10. The Hall–Kier alpha value is -2.65. The molecular weight excluding hydrogens is 261 g/mol. The van der Waals surface area contributed by atoms with E-state index in [4.69, 9.17) is 10.3 Å². The van der Waals surface area contributed by atoms with Crippen LogP contribution in [0.25, 0.3) is 0 Å². The normalized spacial score (nSPS) is 9.70. The summed E-state index contributed by atoms with van der Waals surface area (Å²) in [7, 11) is 0. The van der Waals surface area contributed by atoms with Gasteiger partial charge in [-0.2, -0.15) is 0 Å². The quantitative estimate of drug-likeness (QED) is 0.819. The SMILES string of the molecule is NCC#Cc1ccc(F)c(CNC(=O)c2ccno2)c1. The molecule has 5 nitrogen and oxygen atoms in total. The van der Waals surface area contributed by atoms with Crippen LogP contribution in [-0.2, 0) is 6.54 Å². The monoisotopic (exact) mass is 273 g/mol. The third-order valence-corrected chi connectivity index (χ3v) is 2.48. The van der Waals surface area contributed by atoms with E-state index in [2.05, 4.69) is 22.3 Å². The fraction of sp³-hybridized carbons (Fsp3) is 0.143. The van der Waals surface area contributed by atoms with Crippen LogP contribution in [0.4, 0.5) is 4.39 Å². The van der Waals surface area contributed by atoms with E-state index >= 15 is 0 Å². The smallest absolute Gasteiger partial charge is 0.290 e. The average molecular weight is 273 g/mol. The van der Waals surface area contributed by atoms with E-state index < -0.39 is 11.7 Å². The van der Waals surface area contributed by atoms with Crippen molar-refractivity contribution in [1.82, 2.24) is 10.5 Å². The van der Waals surface area contributed by atoms with Gasteiger partial charge in [0.25, 0.3) is 5.91 Å². The molecular formula is C14H12FN3O2. The zero-order valence-electron chi connectivity index (χ0n) is 10.5. The number of benzene rings is 1. The zero-order chi connectivity index (χ0) is 14.4. The Labute approximate surface area is 114 Å². The summed E-state index contributed by atoms with van der Waals surface area (Å²) < 4.78 is 18.3. The van der Waals surface area contributed by atoms with Gasteiger partial charge in [-0.05, 0) is 18.2 Å². The van der Waals surface area contributed by atoms with Crippen LogP contribution < -0.4 is 11.1 Å². The maximum Gasteiger partial charge on any atom is 0.290 e. The highest BCUT2D eigenvalue weighted by Crippen LogP contribution is 2.10. The molecule has 1 amide bonds. The molecule has 1 heterocycles. The number of nitrogens with two attached hydrogens (primary N) is 1. The van der Waals surface area contributed by atoms with Gasteiger partial charge in [-0.15, -0.1) is 0 Å². The standard InChI is InChI=1S/C14H12FN3O2/c15-12-4-3-10(2-1-6-16)8-11(12)9-17-14(19)13-5-7-18-20-13/h3-5,7-8H,6,9,16H2,(H,17,19). The Balaban J connectivity index is 2.07. The van der Waals surface area contributed by atoms with Crippen molar-refractivity contribution in [3.63, 3.8) is 0 Å². The second-order valence-electron chi connectivity index (χ2n) is 3.87. The van der Waals surface area contributed by atoms with Gasteiger partial charge in [0.2, 0.25) is 5.76 Å². The minimum Gasteiger partial charge on any atom is -0.351 e. The van der Waals surface area contributed by atoms with Gasteiger partial charge in [0.1, 0.15) is 5.82 Å². The minimum absolute atomic E-state index is 0.0313. The van der Waals surface area contributed by atoms with Crippen LogP contribution in [0, 0.1) is 17.7 Å². The Morgan fingerprint density at radius 1 is 1.45 bits per heavy atom. The molecule has 0 fully saturated rings. The molecule has 0 aliphatic heterocycles. The second-order valence-corrected chi connectivity index (χ2v) is 3.87. The van der Waals surface area contributed by atoms with Crippen LogP contribution in [0.2, 0.25) is 0 Å². The predicted octanol–water partition coefficient (Wildman–Crippen LogP) is 1.05. The van der Waals surface area contributed by atoms with E-state index in [1.54, 1.807) is 12.1 Å². The summed E-state index contributed by atoms with van der Waals surface area (Å²) in [5.41, 5.74) is 6.25. The van der Waals surface area contributed by atoms with Crippen LogP contribution in [0.5, 0.6) is 0 Å². The fourth-order valence-corrected chi connectivity index (χ4v) is 1.54. The number of carbonyl (C=O) groups excluding carboxylic acids is 1. The second kappa shape index (κ2) is 6.50. The maximum atomic E-state index is 13.6. The summed E-state index contributed by atoms with van der Waals surface area (Å²) in [5.74, 6) is 4.69. The first-order valence-electron chi connectivity index (χ1n) is 5.87. The molecule has 0 spiro atoms. The Morgan fingerprint density at radius 3 is 3.00 bits per heavy atom. The molecule has 20 heavy (non-hydrogen) atoms. The molecule has 1 aromatic heterocycles. The summed E-state index contributed by atoms with van der Waals surface area (Å²) in [4.78, 5) is 11.6. The summed E-state index contributed by atoms with van der Waals surface area (Å²) in [5, 5.41) is 5.96. The lowest BCUT2D eigenvalue weighted by atomic mass is 10.1. The summed E-state index contributed by atoms with van der Waals surface area (Å²) in [6.45, 7) is 0.262. The zero-order valence-corrected chi connectivity index (χ0v) is 10.5. The summed E-state index contributed by atoms with van der Waals surface area (Å²) in [6, 6.07) is 5.85. The molecule has 3 N–H and O–H groups in total. The van der Waals surface area contributed by atoms with Gasteiger partial charge in [0.05, 0.1) is 12.7 Å². The summed E-state index contributed by atoms with van der Waals surface area (Å²) >= 11 is 0. The molecule has 0 saturated heterocycles. The molecule has 0 radical (unpaired) electrons. The third-order valence-electron chi connectivity index (χ3n) is 2.48. The number of amides is 1. The lowest BCUT2D eigenvalue weighted by Gasteiger charge is -2.05. The van der Waals surface area contributed by atoms with Crippen LogP contribution in [-0.4, -0.2) is 17.6 Å². The largest absolute Gasteiger partial charge is 0.351 e. The van der Waals surface area contributed by atoms with Gasteiger partial charge in [-0.1, -0.05) is 17.0 Å². The van der Waals surface area contributed by atoms with E-state index in [0.717, 1.165) is 0 Å². The number of rotatable bonds is 3. The predicted molar refractivity (Wildman–Crippen MR) is 70.0 cm³/mol. The van der Waals surface area contributed by atoms with Crippen LogP contribution in [0.15, 0.2) is 35.0 Å². The van der Waals surface area contributed by atoms with Crippen molar-refractivity contribution in [3.8, 4) is 11.8 Å². The van der Waals surface area contributed by atoms with E-state index in [1.807, 2.05) is 0 Å². The van der Waals surface area contributed by atoms with Gasteiger partial charge in [0, 0.05) is 23.7 Å². The highest BCUT2D eigenvalue weighted by atomic mass is 19.1. The molecule has 1 aromatic carbocycles. The molecule has 102 valence electrons. The number of carbonyl (C=O) groups is 1. The summed E-state index contributed by atoms with van der Waals surface area (Å²) in [6.07, 6.45) is 1.36. The van der Waals surface area contributed by atoms with Crippen molar-refractivity contribution >= 4 is 5.91 Å². The molecule has 0 aliphatic carbocycles. The van der Waals surface area contributed by atoms with E-state index in [0.29, 0.717) is 11.1 Å². The van der Waals surface area contributed by atoms with Gasteiger partial charge in [-0.3, -0.25) is 4.79 Å². The Bertz CT molecular complexity index is 657. The van der Waals surface area contributed by atoms with Crippen LogP contribution >= 0.6 is 0 Å². The number of nitrogens with zero attached hydrogens (tertiary/aromatic N) is 1. The van der Waals surface area contributed by atoms with Crippen molar-refractivity contribution in [2.24, 2.45) is 5.73 Å². The number of aromatic nitrogens is 1. The van der Waals surface area contributed by atoms with Gasteiger partial charge in [-0.25, -0.2) is 4.39 Å². The Morgan fingerprint density at radius 2 is 2.30 bits per heavy atom. The van der Waals surface area contributed by atoms with Crippen LogP contribution in [0.3, 0.4) is 0 Å². The number of halogens is 1. The lowest BCUT2D eigenvalue weighted by Crippen LogP contribution is -2.22. The van der Waals surface area contributed by atoms with E-state index in [-0.39, 0.29) is 18.8 Å². The van der Waals surface area contributed by atoms with Gasteiger partial charge < -0.3 is 15.6 Å². The molecule has 0 bridgehead atoms. The van der Waals surface area contributed by atoms with Crippen molar-refractivity contribution in [2.75, 3.05) is 6.54 Å². The molecule has 0 saturated carbocycles. The molecule has 0 aliphatic rings. The van der Waals surface area contributed by atoms with Crippen molar-refractivity contribution in [3.05, 3.63) is 53.2 Å². The highest BCUT2D eigenvalue weighted by molar-refractivity contribution is 5.91. The Kier molecular flexibility index (Phi) is 4.47. The number of hydrogen-bond donors (Lipinski definition) is 2. The number of hydrogen-bond acceptors (Lipinski definition) is 4. The first-order chi connectivity index (χ1) is 9.70. The topological polar surface area (TPSA) is 81.1 Å². The number of nitrogens with one attached hydrogen (secondary N) is 1. The first-order valence-corrected chi connectivity index (χ1v) is 5.87. The third kappa shape index (κ3) is 3.43. The minimum atomic E-state index is -0.458. The molecule has 0 atom stereocenters. The molecule has 6 heteroatoms. The van der Waals surface area contributed by atoms with Crippen molar-refractivity contribution < 1.29 is 13.7 Å². The van der Waals surface area contributed by atoms with Gasteiger partial charge in [0.15, 0.2) is 0 Å². The van der Waals surface area contributed by atoms with Crippen LogP contribution in [0.1, 0.15) is 21.7 Å². The van der Waals surface area contributed by atoms with Crippen molar-refractivity contribution in [1.29, 1.82) is 0 Å².